The van der Waals surface area contributed by atoms with Gasteiger partial charge in [-0.15, -0.1) is 0 Å². The maximum Gasteiger partial charge on any atom is 0.416 e. The van der Waals surface area contributed by atoms with Gasteiger partial charge in [0.2, 0.25) is 0 Å². The zero-order valence-electron chi connectivity index (χ0n) is 9.27. The van der Waals surface area contributed by atoms with Crippen LogP contribution < -0.4 is 4.74 Å². The van der Waals surface area contributed by atoms with Crippen LogP contribution in [0.3, 0.4) is 0 Å². The molecule has 98 valence electrons. The fraction of sp³-hybridized carbons (Fsp3) is 0.364. The number of halogens is 3. The monoisotopic (exact) mass is 261 g/mol. The Labute approximate surface area is 101 Å². The summed E-state index contributed by atoms with van der Waals surface area (Å²) in [6.07, 6.45) is -8.19. The van der Waals surface area contributed by atoms with E-state index in [1.165, 1.54) is 13.2 Å². The third kappa shape index (κ3) is 2.91. The number of methoxy groups -OCH3 is 1. The number of hydrogen-bond acceptors (Lipinski definition) is 4. The number of alkyl halides is 3. The van der Waals surface area contributed by atoms with Gasteiger partial charge in [-0.1, -0.05) is 0 Å². The standard InChI is InChI=1S/C11H10F3NO3/c1-18-9-3-2-6(11(12,13)14)4-7(9)10(17)8(16)5-15/h2-4,8,10,16-17H,1H3. The third-order valence-corrected chi connectivity index (χ3v) is 2.31. The Bertz CT molecular complexity index is 468. The van der Waals surface area contributed by atoms with E-state index in [0.717, 1.165) is 12.1 Å². The summed E-state index contributed by atoms with van der Waals surface area (Å²) in [5, 5.41) is 27.2. The second kappa shape index (κ2) is 5.25. The van der Waals surface area contributed by atoms with Gasteiger partial charge in [0.1, 0.15) is 11.9 Å². The number of benzene rings is 1. The lowest BCUT2D eigenvalue weighted by atomic mass is 10.0. The predicted octanol–water partition coefficient (Wildman–Crippen LogP) is 1.63. The lowest BCUT2D eigenvalue weighted by molar-refractivity contribution is -0.137. The first-order chi connectivity index (χ1) is 8.31. The summed E-state index contributed by atoms with van der Waals surface area (Å²) in [7, 11) is 1.21. The number of rotatable bonds is 3. The second-order valence-electron chi connectivity index (χ2n) is 3.47. The topological polar surface area (TPSA) is 73.5 Å². The minimum Gasteiger partial charge on any atom is -0.496 e. The molecule has 0 aliphatic rings. The summed E-state index contributed by atoms with van der Waals surface area (Å²) in [6.45, 7) is 0. The van der Waals surface area contributed by atoms with Crippen LogP contribution in [0.1, 0.15) is 17.2 Å². The van der Waals surface area contributed by atoms with Crippen LogP contribution in [0.15, 0.2) is 18.2 Å². The van der Waals surface area contributed by atoms with Crippen molar-refractivity contribution in [1.29, 1.82) is 5.26 Å². The van der Waals surface area contributed by atoms with Crippen LogP contribution in [0, 0.1) is 11.3 Å². The van der Waals surface area contributed by atoms with E-state index >= 15 is 0 Å². The summed E-state index contributed by atoms with van der Waals surface area (Å²) < 4.78 is 42.3. The van der Waals surface area contributed by atoms with Gasteiger partial charge in [0.05, 0.1) is 18.7 Å². The largest absolute Gasteiger partial charge is 0.496 e. The highest BCUT2D eigenvalue weighted by Crippen LogP contribution is 2.35. The summed E-state index contributed by atoms with van der Waals surface area (Å²) in [5.74, 6) is -0.0372. The molecule has 2 N–H and O–H groups in total. The first-order valence-electron chi connectivity index (χ1n) is 4.82. The van der Waals surface area contributed by atoms with Crippen LogP contribution in [0.2, 0.25) is 0 Å². The van der Waals surface area contributed by atoms with Crippen LogP contribution in [0.4, 0.5) is 13.2 Å². The van der Waals surface area contributed by atoms with Gasteiger partial charge in [-0.3, -0.25) is 0 Å². The molecule has 7 heteroatoms. The molecule has 0 aromatic heterocycles. The molecule has 0 radical (unpaired) electrons. The average Bonchev–Trinajstić information content (AvgIpc) is 2.35. The minimum atomic E-state index is -4.58. The Morgan fingerprint density at radius 2 is 1.94 bits per heavy atom. The molecule has 1 rings (SSSR count). The van der Waals surface area contributed by atoms with Gasteiger partial charge in [-0.05, 0) is 18.2 Å². The van der Waals surface area contributed by atoms with Crippen molar-refractivity contribution >= 4 is 0 Å². The molecule has 0 aliphatic heterocycles. The highest BCUT2D eigenvalue weighted by atomic mass is 19.4. The normalized spacial score (nSPS) is 14.7. The van der Waals surface area contributed by atoms with E-state index in [1.807, 2.05) is 0 Å². The molecule has 0 spiro atoms. The first-order valence-corrected chi connectivity index (χ1v) is 4.82. The first kappa shape index (κ1) is 14.3. The van der Waals surface area contributed by atoms with Crippen molar-refractivity contribution in [2.75, 3.05) is 7.11 Å². The van der Waals surface area contributed by atoms with Gasteiger partial charge in [-0.25, -0.2) is 0 Å². The van der Waals surface area contributed by atoms with Crippen LogP contribution in [-0.4, -0.2) is 23.4 Å². The van der Waals surface area contributed by atoms with Gasteiger partial charge in [0.15, 0.2) is 6.10 Å². The zero-order valence-corrected chi connectivity index (χ0v) is 9.27. The highest BCUT2D eigenvalue weighted by Gasteiger charge is 2.32. The molecule has 0 aliphatic carbocycles. The van der Waals surface area contributed by atoms with E-state index in [1.54, 1.807) is 0 Å². The SMILES string of the molecule is COc1ccc(C(F)(F)F)cc1C(O)C(O)C#N. The number of aliphatic hydroxyl groups excluding tert-OH is 2. The summed E-state index contributed by atoms with van der Waals surface area (Å²) in [4.78, 5) is 0. The van der Waals surface area contributed by atoms with Crippen molar-refractivity contribution in [2.24, 2.45) is 0 Å². The van der Waals surface area contributed by atoms with Crippen LogP contribution in [0.25, 0.3) is 0 Å². The van der Waals surface area contributed by atoms with Gasteiger partial charge < -0.3 is 14.9 Å². The summed E-state index contributed by atoms with van der Waals surface area (Å²) in [6, 6.07) is 3.79. The summed E-state index contributed by atoms with van der Waals surface area (Å²) >= 11 is 0. The molecule has 0 bridgehead atoms. The predicted molar refractivity (Wildman–Crippen MR) is 54.6 cm³/mol. The lowest BCUT2D eigenvalue weighted by Gasteiger charge is -2.17. The molecule has 4 nitrogen and oxygen atoms in total. The van der Waals surface area contributed by atoms with E-state index in [0.29, 0.717) is 6.07 Å². The molecular formula is C11H10F3NO3. The van der Waals surface area contributed by atoms with Crippen molar-refractivity contribution in [3.05, 3.63) is 29.3 Å². The fourth-order valence-corrected chi connectivity index (χ4v) is 1.38. The molecule has 2 atom stereocenters. The number of nitrogens with zero attached hydrogens (tertiary/aromatic N) is 1. The van der Waals surface area contributed by atoms with Gasteiger partial charge in [-0.2, -0.15) is 18.4 Å². The van der Waals surface area contributed by atoms with E-state index in [-0.39, 0.29) is 11.3 Å². The van der Waals surface area contributed by atoms with Crippen LogP contribution in [-0.2, 0) is 6.18 Å². The Morgan fingerprint density at radius 1 is 1.33 bits per heavy atom. The van der Waals surface area contributed by atoms with Crippen molar-refractivity contribution in [3.8, 4) is 11.8 Å². The minimum absolute atomic E-state index is 0.0372. The van der Waals surface area contributed by atoms with E-state index in [2.05, 4.69) is 0 Å². The highest BCUT2D eigenvalue weighted by molar-refractivity contribution is 5.40. The van der Waals surface area contributed by atoms with Crippen molar-refractivity contribution in [2.45, 2.75) is 18.4 Å². The number of nitriles is 1. The Balaban J connectivity index is 3.27. The molecule has 0 saturated carbocycles. The summed E-state index contributed by atoms with van der Waals surface area (Å²) in [5.41, 5.74) is -1.29. The second-order valence-corrected chi connectivity index (χ2v) is 3.47. The Morgan fingerprint density at radius 3 is 2.39 bits per heavy atom. The molecular weight excluding hydrogens is 251 g/mol. The van der Waals surface area contributed by atoms with Gasteiger partial charge >= 0.3 is 6.18 Å². The van der Waals surface area contributed by atoms with Crippen LogP contribution in [0.5, 0.6) is 5.75 Å². The maximum absolute atomic E-state index is 12.5. The Kier molecular flexibility index (Phi) is 4.16. The molecule has 2 unspecified atom stereocenters. The molecule has 1 aromatic rings. The number of ether oxygens (including phenoxy) is 1. The van der Waals surface area contributed by atoms with Gasteiger partial charge in [0.25, 0.3) is 0 Å². The average molecular weight is 261 g/mol. The van der Waals surface area contributed by atoms with Crippen LogP contribution >= 0.6 is 0 Å². The van der Waals surface area contributed by atoms with Gasteiger partial charge in [0, 0.05) is 5.56 Å². The van der Waals surface area contributed by atoms with E-state index < -0.39 is 23.9 Å². The third-order valence-electron chi connectivity index (χ3n) is 2.31. The molecule has 18 heavy (non-hydrogen) atoms. The Hall–Kier alpha value is -1.78. The fourth-order valence-electron chi connectivity index (χ4n) is 1.38. The number of hydrogen-bond donors (Lipinski definition) is 2. The molecule has 0 fully saturated rings. The molecule has 0 heterocycles. The molecule has 0 saturated heterocycles. The van der Waals surface area contributed by atoms with E-state index in [9.17, 15) is 18.3 Å². The molecule has 1 aromatic carbocycles. The number of aliphatic hydroxyl groups is 2. The smallest absolute Gasteiger partial charge is 0.416 e. The lowest BCUT2D eigenvalue weighted by Crippen LogP contribution is -2.17. The molecule has 0 amide bonds. The van der Waals surface area contributed by atoms with Crippen molar-refractivity contribution in [1.82, 2.24) is 0 Å². The zero-order chi connectivity index (χ0) is 13.9. The van der Waals surface area contributed by atoms with Crippen molar-refractivity contribution < 1.29 is 28.1 Å². The van der Waals surface area contributed by atoms with E-state index in [4.69, 9.17) is 15.1 Å². The van der Waals surface area contributed by atoms with Crippen molar-refractivity contribution in [3.63, 3.8) is 0 Å². The maximum atomic E-state index is 12.5. The quantitative estimate of drug-likeness (QED) is 0.811.